The van der Waals surface area contributed by atoms with Gasteiger partial charge in [0.2, 0.25) is 0 Å². The van der Waals surface area contributed by atoms with Gasteiger partial charge in [0.25, 0.3) is 5.91 Å². The van der Waals surface area contributed by atoms with Gasteiger partial charge in [-0.05, 0) is 29.3 Å². The minimum Gasteiger partial charge on any atom is -0.481 e. The highest BCUT2D eigenvalue weighted by Gasteiger charge is 2.49. The summed E-state index contributed by atoms with van der Waals surface area (Å²) in [5, 5.41) is 20.9. The molecule has 7 heteroatoms. The van der Waals surface area contributed by atoms with E-state index in [1.807, 2.05) is 0 Å². The van der Waals surface area contributed by atoms with E-state index < -0.39 is 30.1 Å². The Labute approximate surface area is 160 Å². The number of hydrogen-bond acceptors (Lipinski definition) is 4. The van der Waals surface area contributed by atoms with E-state index in [2.05, 4.69) is 0 Å². The minimum absolute atomic E-state index is 0.112. The Bertz CT molecular complexity index is 884. The van der Waals surface area contributed by atoms with Gasteiger partial charge < -0.3 is 19.8 Å². The number of nitrogens with zero attached hydrogens (tertiary/aromatic N) is 1. The van der Waals surface area contributed by atoms with E-state index in [4.69, 9.17) is 16.3 Å². The average molecular weight is 388 g/mol. The summed E-state index contributed by atoms with van der Waals surface area (Å²) < 4.78 is 5.35. The van der Waals surface area contributed by atoms with Crippen molar-refractivity contribution < 1.29 is 24.5 Å². The minimum atomic E-state index is -1.03. The maximum absolute atomic E-state index is 13.3. The molecule has 2 aromatic carbocycles. The normalized spacial score (nSPS) is 27.5. The number of amides is 1. The van der Waals surface area contributed by atoms with Crippen LogP contribution >= 0.6 is 11.6 Å². The highest BCUT2D eigenvalue weighted by Crippen LogP contribution is 2.45. The van der Waals surface area contributed by atoms with Gasteiger partial charge in [0, 0.05) is 10.6 Å². The van der Waals surface area contributed by atoms with E-state index in [-0.39, 0.29) is 19.1 Å². The van der Waals surface area contributed by atoms with Crippen molar-refractivity contribution in [1.82, 2.24) is 4.90 Å². The largest absolute Gasteiger partial charge is 0.481 e. The molecular weight excluding hydrogens is 370 g/mol. The van der Waals surface area contributed by atoms with Crippen molar-refractivity contribution in [2.45, 2.75) is 24.1 Å². The van der Waals surface area contributed by atoms with Gasteiger partial charge in [-0.2, -0.15) is 0 Å². The van der Waals surface area contributed by atoms with Crippen molar-refractivity contribution >= 4 is 23.5 Å². The maximum Gasteiger partial charge on any atom is 0.313 e. The van der Waals surface area contributed by atoms with E-state index in [1.165, 1.54) is 4.90 Å². The summed E-state index contributed by atoms with van der Waals surface area (Å²) in [5.41, 5.74) is 1.46. The number of hydrogen-bond donors (Lipinski definition) is 2. The molecule has 27 heavy (non-hydrogen) atoms. The summed E-state index contributed by atoms with van der Waals surface area (Å²) in [6.45, 7) is 0.271. The Balaban J connectivity index is 1.92. The van der Waals surface area contributed by atoms with Crippen LogP contribution in [0.3, 0.4) is 0 Å². The SMILES string of the molecule is O=C(O)C1c2ccccc2C(=O)N(C2COCC2O)C1c1ccc(Cl)cc1. The molecule has 0 aliphatic carbocycles. The highest BCUT2D eigenvalue weighted by atomic mass is 35.5. The summed E-state index contributed by atoms with van der Waals surface area (Å²) in [5.74, 6) is -2.31. The average Bonchev–Trinajstić information content (AvgIpc) is 3.07. The summed E-state index contributed by atoms with van der Waals surface area (Å²) in [6, 6.07) is 12.1. The van der Waals surface area contributed by atoms with E-state index in [0.29, 0.717) is 21.7 Å². The maximum atomic E-state index is 13.3. The molecule has 2 aromatic rings. The number of halogens is 1. The lowest BCUT2D eigenvalue weighted by molar-refractivity contribution is -0.141. The molecule has 0 spiro atoms. The van der Waals surface area contributed by atoms with Gasteiger partial charge in [0.1, 0.15) is 5.92 Å². The first-order valence-corrected chi connectivity index (χ1v) is 9.02. The highest BCUT2D eigenvalue weighted by molar-refractivity contribution is 6.30. The number of benzene rings is 2. The molecular formula is C20H18ClNO5. The van der Waals surface area contributed by atoms with Crippen molar-refractivity contribution in [2.24, 2.45) is 0 Å². The number of aliphatic hydroxyl groups excluding tert-OH is 1. The molecule has 0 bridgehead atoms. The predicted molar refractivity (Wildman–Crippen MR) is 97.8 cm³/mol. The summed E-state index contributed by atoms with van der Waals surface area (Å²) in [4.78, 5) is 27.0. The Kier molecular flexibility index (Phi) is 4.63. The lowest BCUT2D eigenvalue weighted by Gasteiger charge is -2.44. The van der Waals surface area contributed by atoms with E-state index >= 15 is 0 Å². The van der Waals surface area contributed by atoms with Crippen molar-refractivity contribution in [3.8, 4) is 0 Å². The van der Waals surface area contributed by atoms with Crippen LogP contribution in [0.5, 0.6) is 0 Å². The fraction of sp³-hybridized carbons (Fsp3) is 0.300. The van der Waals surface area contributed by atoms with Crippen molar-refractivity contribution in [2.75, 3.05) is 13.2 Å². The molecule has 1 amide bonds. The summed E-state index contributed by atoms with van der Waals surface area (Å²) in [7, 11) is 0. The quantitative estimate of drug-likeness (QED) is 0.844. The van der Waals surface area contributed by atoms with Crippen LogP contribution in [0.25, 0.3) is 0 Å². The standard InChI is InChI=1S/C20H18ClNO5/c21-12-7-5-11(6-8-12)18-17(20(25)26)13-3-1-2-4-14(13)19(24)22(18)15-9-27-10-16(15)23/h1-8,15-18,23H,9-10H2,(H,25,26). The molecule has 2 aliphatic heterocycles. The lowest BCUT2D eigenvalue weighted by Crippen LogP contribution is -2.53. The molecule has 4 unspecified atom stereocenters. The molecule has 140 valence electrons. The van der Waals surface area contributed by atoms with Gasteiger partial charge in [-0.3, -0.25) is 9.59 Å². The number of aliphatic hydroxyl groups is 1. The van der Waals surface area contributed by atoms with Crippen LogP contribution in [-0.2, 0) is 9.53 Å². The zero-order chi connectivity index (χ0) is 19.1. The van der Waals surface area contributed by atoms with Crippen LogP contribution in [0.15, 0.2) is 48.5 Å². The first-order chi connectivity index (χ1) is 13.0. The number of carboxylic acids is 1. The predicted octanol–water partition coefficient (Wildman–Crippen LogP) is 2.47. The topological polar surface area (TPSA) is 87.1 Å². The second-order valence-corrected chi connectivity index (χ2v) is 7.22. The van der Waals surface area contributed by atoms with Gasteiger partial charge in [-0.1, -0.05) is 41.9 Å². The number of carbonyl (C=O) groups excluding carboxylic acids is 1. The summed E-state index contributed by atoms with van der Waals surface area (Å²) in [6.07, 6.45) is -0.872. The lowest BCUT2D eigenvalue weighted by atomic mass is 9.79. The Morgan fingerprint density at radius 1 is 1.11 bits per heavy atom. The van der Waals surface area contributed by atoms with Crippen molar-refractivity contribution in [3.63, 3.8) is 0 Å². The molecule has 0 saturated carbocycles. The van der Waals surface area contributed by atoms with E-state index in [1.54, 1.807) is 48.5 Å². The van der Waals surface area contributed by atoms with Gasteiger partial charge in [0.05, 0.1) is 31.4 Å². The number of fused-ring (bicyclic) bond motifs is 1. The van der Waals surface area contributed by atoms with Crippen molar-refractivity contribution in [3.05, 3.63) is 70.2 Å². The molecule has 0 aromatic heterocycles. The number of carbonyl (C=O) groups is 2. The monoisotopic (exact) mass is 387 g/mol. The van der Waals surface area contributed by atoms with Crippen LogP contribution < -0.4 is 0 Å². The summed E-state index contributed by atoms with van der Waals surface area (Å²) >= 11 is 5.99. The molecule has 4 atom stereocenters. The number of rotatable bonds is 3. The molecule has 0 radical (unpaired) electrons. The number of ether oxygens (including phenoxy) is 1. The van der Waals surface area contributed by atoms with Gasteiger partial charge in [-0.25, -0.2) is 0 Å². The molecule has 2 aliphatic rings. The smallest absolute Gasteiger partial charge is 0.313 e. The number of carboxylic acid groups (broad SMARTS) is 1. The molecule has 1 saturated heterocycles. The fourth-order valence-corrected chi connectivity index (χ4v) is 4.12. The zero-order valence-electron chi connectivity index (χ0n) is 14.3. The first kappa shape index (κ1) is 18.0. The first-order valence-electron chi connectivity index (χ1n) is 8.64. The van der Waals surface area contributed by atoms with Gasteiger partial charge in [0.15, 0.2) is 0 Å². The van der Waals surface area contributed by atoms with E-state index in [0.717, 1.165) is 0 Å². The molecule has 1 fully saturated rings. The van der Waals surface area contributed by atoms with Gasteiger partial charge >= 0.3 is 5.97 Å². The Morgan fingerprint density at radius 3 is 2.44 bits per heavy atom. The second-order valence-electron chi connectivity index (χ2n) is 6.78. The molecule has 4 rings (SSSR count). The fourth-order valence-electron chi connectivity index (χ4n) is 3.99. The third kappa shape index (κ3) is 3.00. The number of aliphatic carboxylic acids is 1. The molecule has 2 N–H and O–H groups in total. The van der Waals surface area contributed by atoms with Gasteiger partial charge in [-0.15, -0.1) is 0 Å². The van der Waals surface area contributed by atoms with Crippen molar-refractivity contribution in [1.29, 1.82) is 0 Å². The molecule has 6 nitrogen and oxygen atoms in total. The Morgan fingerprint density at radius 2 is 1.81 bits per heavy atom. The molecule has 2 heterocycles. The second kappa shape index (κ2) is 6.96. The Hall–Kier alpha value is -2.41. The van der Waals surface area contributed by atoms with Crippen LogP contribution in [-0.4, -0.2) is 52.3 Å². The van der Waals surface area contributed by atoms with Crippen LogP contribution in [0, 0.1) is 0 Å². The van der Waals surface area contributed by atoms with Crippen LogP contribution in [0.4, 0.5) is 0 Å². The zero-order valence-corrected chi connectivity index (χ0v) is 15.0. The third-order valence-corrected chi connectivity index (χ3v) is 5.48. The van der Waals surface area contributed by atoms with Crippen LogP contribution in [0.2, 0.25) is 5.02 Å². The third-order valence-electron chi connectivity index (χ3n) is 5.23. The van der Waals surface area contributed by atoms with E-state index in [9.17, 15) is 19.8 Å². The van der Waals surface area contributed by atoms with Crippen LogP contribution in [0.1, 0.15) is 33.4 Å².